The molecule has 8 heteroatoms. The molecule has 0 bridgehead atoms. The maximum atomic E-state index is 12.9. The van der Waals surface area contributed by atoms with Crippen LogP contribution in [0.15, 0.2) is 36.7 Å². The fraction of sp³-hybridized carbons (Fsp3) is 0.294. The molecule has 1 N–H and O–H groups in total. The monoisotopic (exact) mass is 346 g/mol. The van der Waals surface area contributed by atoms with Crippen LogP contribution in [0.5, 0.6) is 0 Å². The first-order valence-corrected chi connectivity index (χ1v) is 7.87. The molecule has 2 heterocycles. The Morgan fingerprint density at radius 3 is 2.16 bits per heavy atom. The third-order valence-electron chi connectivity index (χ3n) is 3.79. The molecular weight excluding hydrogens is 330 g/mol. The van der Waals surface area contributed by atoms with Crippen molar-refractivity contribution < 1.29 is 18.4 Å². The molecule has 3 rings (SSSR count). The summed E-state index contributed by atoms with van der Waals surface area (Å²) in [5.41, 5.74) is 0.269. The minimum Gasteiger partial charge on any atom is -0.349 e. The molecule has 1 saturated carbocycles. The lowest BCUT2D eigenvalue weighted by Crippen LogP contribution is -2.40. The van der Waals surface area contributed by atoms with Crippen LogP contribution >= 0.6 is 0 Å². The van der Waals surface area contributed by atoms with Crippen LogP contribution in [0.3, 0.4) is 0 Å². The van der Waals surface area contributed by atoms with Gasteiger partial charge in [-0.2, -0.15) is 0 Å². The van der Waals surface area contributed by atoms with Gasteiger partial charge in [0.2, 0.25) is 0 Å². The number of halogens is 2. The summed E-state index contributed by atoms with van der Waals surface area (Å²) < 4.78 is 25.7. The van der Waals surface area contributed by atoms with E-state index >= 15 is 0 Å². The van der Waals surface area contributed by atoms with E-state index in [1.807, 2.05) is 0 Å². The largest absolute Gasteiger partial charge is 0.349 e. The number of hydrogen-bond donors (Lipinski definition) is 1. The van der Waals surface area contributed by atoms with E-state index in [1.165, 1.54) is 18.2 Å². The van der Waals surface area contributed by atoms with Gasteiger partial charge in [-0.3, -0.25) is 9.59 Å². The molecule has 0 saturated heterocycles. The number of carbonyl (C=O) groups is 2. The first kappa shape index (κ1) is 16.9. The number of carbonyl (C=O) groups excluding carboxylic acids is 2. The molecule has 0 spiro atoms. The van der Waals surface area contributed by atoms with Crippen molar-refractivity contribution in [2.24, 2.45) is 0 Å². The average Bonchev–Trinajstić information content (AvgIpc) is 3.44. The van der Waals surface area contributed by atoms with Gasteiger partial charge in [-0.25, -0.2) is 18.7 Å². The van der Waals surface area contributed by atoms with E-state index in [0.717, 1.165) is 31.3 Å². The first-order valence-electron chi connectivity index (χ1n) is 7.87. The number of nitrogens with one attached hydrogen (secondary N) is 1. The van der Waals surface area contributed by atoms with Gasteiger partial charge >= 0.3 is 0 Å². The lowest BCUT2D eigenvalue weighted by molar-refractivity contribution is 0.0730. The van der Waals surface area contributed by atoms with E-state index in [-0.39, 0.29) is 29.9 Å². The number of hydrogen-bond acceptors (Lipinski definition) is 4. The highest BCUT2D eigenvalue weighted by molar-refractivity contribution is 5.93. The Morgan fingerprint density at radius 1 is 1.04 bits per heavy atom. The van der Waals surface area contributed by atoms with E-state index < -0.39 is 17.5 Å². The SMILES string of the molecule is O=C(NCCN(C(=O)c1ccc(F)cn1)C1CC1)c1ccc(F)cn1. The van der Waals surface area contributed by atoms with E-state index in [9.17, 15) is 18.4 Å². The molecule has 1 aliphatic rings. The first-order chi connectivity index (χ1) is 12.0. The van der Waals surface area contributed by atoms with E-state index in [4.69, 9.17) is 0 Å². The molecule has 2 aromatic heterocycles. The summed E-state index contributed by atoms with van der Waals surface area (Å²) >= 11 is 0. The molecule has 130 valence electrons. The number of aromatic nitrogens is 2. The molecule has 0 aromatic carbocycles. The number of nitrogens with zero attached hydrogens (tertiary/aromatic N) is 3. The van der Waals surface area contributed by atoms with Gasteiger partial charge in [0.05, 0.1) is 12.4 Å². The van der Waals surface area contributed by atoms with E-state index in [2.05, 4.69) is 15.3 Å². The van der Waals surface area contributed by atoms with Crippen LogP contribution in [-0.2, 0) is 0 Å². The van der Waals surface area contributed by atoms with E-state index in [0.29, 0.717) is 6.54 Å². The fourth-order valence-corrected chi connectivity index (χ4v) is 2.38. The second-order valence-corrected chi connectivity index (χ2v) is 5.71. The molecule has 1 fully saturated rings. The predicted octanol–water partition coefficient (Wildman–Crippen LogP) is 1.79. The molecule has 0 unspecified atom stereocenters. The molecule has 1 aliphatic carbocycles. The Hall–Kier alpha value is -2.90. The third kappa shape index (κ3) is 4.34. The summed E-state index contributed by atoms with van der Waals surface area (Å²) in [5, 5.41) is 2.65. The summed E-state index contributed by atoms with van der Waals surface area (Å²) in [6, 6.07) is 5.08. The molecular formula is C17H16F2N4O2. The van der Waals surface area contributed by atoms with Crippen LogP contribution in [0.4, 0.5) is 8.78 Å². The summed E-state index contributed by atoms with van der Waals surface area (Å²) in [4.78, 5) is 33.6. The standard InChI is InChI=1S/C17H16F2N4O2/c18-11-1-5-14(21-9-11)16(24)20-7-8-23(13-3-4-13)17(25)15-6-2-12(19)10-22-15/h1-2,5-6,9-10,13H,3-4,7-8H2,(H,20,24). The Balaban J connectivity index is 1.57. The zero-order valence-electron chi connectivity index (χ0n) is 13.3. The summed E-state index contributed by atoms with van der Waals surface area (Å²) in [6.45, 7) is 0.525. The topological polar surface area (TPSA) is 75.2 Å². The third-order valence-corrected chi connectivity index (χ3v) is 3.79. The van der Waals surface area contributed by atoms with Gasteiger partial charge in [-0.05, 0) is 37.1 Å². The van der Waals surface area contributed by atoms with Crippen LogP contribution < -0.4 is 5.32 Å². The van der Waals surface area contributed by atoms with Crippen molar-refractivity contribution in [3.05, 3.63) is 59.7 Å². The van der Waals surface area contributed by atoms with Crippen molar-refractivity contribution >= 4 is 11.8 Å². The maximum Gasteiger partial charge on any atom is 0.272 e. The van der Waals surface area contributed by atoms with Crippen LogP contribution in [0.25, 0.3) is 0 Å². The van der Waals surface area contributed by atoms with Gasteiger partial charge in [0, 0.05) is 19.1 Å². The highest BCUT2D eigenvalue weighted by atomic mass is 19.1. The summed E-state index contributed by atoms with van der Waals surface area (Å²) in [7, 11) is 0. The van der Waals surface area contributed by atoms with Gasteiger partial charge in [-0.15, -0.1) is 0 Å². The minimum absolute atomic E-state index is 0.103. The molecule has 2 amide bonds. The van der Waals surface area contributed by atoms with Crippen molar-refractivity contribution in [2.45, 2.75) is 18.9 Å². The zero-order chi connectivity index (χ0) is 17.8. The predicted molar refractivity (Wildman–Crippen MR) is 84.8 cm³/mol. The smallest absolute Gasteiger partial charge is 0.272 e. The Morgan fingerprint density at radius 2 is 1.64 bits per heavy atom. The zero-order valence-corrected chi connectivity index (χ0v) is 13.3. The highest BCUT2D eigenvalue weighted by Gasteiger charge is 2.33. The van der Waals surface area contributed by atoms with Crippen molar-refractivity contribution in [3.8, 4) is 0 Å². The molecule has 25 heavy (non-hydrogen) atoms. The van der Waals surface area contributed by atoms with Crippen molar-refractivity contribution in [2.75, 3.05) is 13.1 Å². The normalized spacial score (nSPS) is 13.4. The van der Waals surface area contributed by atoms with Gasteiger partial charge < -0.3 is 10.2 Å². The van der Waals surface area contributed by atoms with E-state index in [1.54, 1.807) is 4.90 Å². The van der Waals surface area contributed by atoms with Gasteiger partial charge in [0.15, 0.2) is 0 Å². The fourth-order valence-electron chi connectivity index (χ4n) is 2.38. The van der Waals surface area contributed by atoms with Gasteiger partial charge in [0.1, 0.15) is 23.0 Å². The summed E-state index contributed by atoms with van der Waals surface area (Å²) in [5.74, 6) is -1.76. The van der Waals surface area contributed by atoms with Crippen LogP contribution in [-0.4, -0.2) is 45.8 Å². The van der Waals surface area contributed by atoms with Crippen LogP contribution in [0.2, 0.25) is 0 Å². The van der Waals surface area contributed by atoms with Gasteiger partial charge in [0.25, 0.3) is 11.8 Å². The molecule has 6 nitrogen and oxygen atoms in total. The molecule has 2 aromatic rings. The Labute approximate surface area is 142 Å². The Bertz CT molecular complexity index is 761. The lowest BCUT2D eigenvalue weighted by atomic mass is 10.3. The molecule has 0 aliphatic heterocycles. The lowest BCUT2D eigenvalue weighted by Gasteiger charge is -2.22. The quantitative estimate of drug-likeness (QED) is 0.865. The average molecular weight is 346 g/mol. The second kappa shape index (κ2) is 7.33. The number of amides is 2. The van der Waals surface area contributed by atoms with Gasteiger partial charge in [-0.1, -0.05) is 0 Å². The summed E-state index contributed by atoms with van der Waals surface area (Å²) in [6.07, 6.45) is 3.75. The Kier molecular flexibility index (Phi) is 4.97. The molecule has 0 atom stereocenters. The molecule has 0 radical (unpaired) electrons. The minimum atomic E-state index is -0.520. The van der Waals surface area contributed by atoms with Crippen molar-refractivity contribution in [3.63, 3.8) is 0 Å². The highest BCUT2D eigenvalue weighted by Crippen LogP contribution is 2.27. The van der Waals surface area contributed by atoms with Crippen LogP contribution in [0, 0.1) is 11.6 Å². The number of pyridine rings is 2. The van der Waals surface area contributed by atoms with Crippen molar-refractivity contribution in [1.82, 2.24) is 20.2 Å². The maximum absolute atomic E-state index is 12.9. The number of rotatable bonds is 6. The van der Waals surface area contributed by atoms with Crippen molar-refractivity contribution in [1.29, 1.82) is 0 Å². The van der Waals surface area contributed by atoms with Crippen LogP contribution in [0.1, 0.15) is 33.8 Å². The second-order valence-electron chi connectivity index (χ2n) is 5.71.